The normalized spacial score (nSPS) is 11.9. The first kappa shape index (κ1) is 19.3. The zero-order valence-corrected chi connectivity index (χ0v) is 16.4. The van der Waals surface area contributed by atoms with E-state index in [1.807, 2.05) is 0 Å². The number of ether oxygens (including phenoxy) is 1. The summed E-state index contributed by atoms with van der Waals surface area (Å²) in [5.41, 5.74) is 0.142. The van der Waals surface area contributed by atoms with E-state index in [2.05, 4.69) is 4.72 Å². The number of benzene rings is 2. The molecule has 10 heteroatoms. The van der Waals surface area contributed by atoms with Crippen LogP contribution in [0.2, 0.25) is 5.02 Å². The fourth-order valence-corrected chi connectivity index (χ4v) is 4.86. The number of hydrogen-bond donors (Lipinski definition) is 1. The number of rotatable bonds is 6. The topological polar surface area (TPSA) is 94.5 Å². The van der Waals surface area contributed by atoms with Crippen LogP contribution >= 0.6 is 11.6 Å². The maximum absolute atomic E-state index is 12.6. The second kappa shape index (κ2) is 7.26. The van der Waals surface area contributed by atoms with Crippen molar-refractivity contribution in [3.63, 3.8) is 0 Å². The predicted octanol–water partition coefficient (Wildman–Crippen LogP) is 3.19. The van der Waals surface area contributed by atoms with Crippen LogP contribution < -0.4 is 9.46 Å². The lowest BCUT2D eigenvalue weighted by atomic mass is 10.3. The van der Waals surface area contributed by atoms with E-state index in [4.69, 9.17) is 16.3 Å². The number of halogens is 1. The molecule has 1 heterocycles. The Morgan fingerprint density at radius 1 is 0.963 bits per heavy atom. The van der Waals surface area contributed by atoms with Crippen molar-refractivity contribution in [3.8, 4) is 5.75 Å². The summed E-state index contributed by atoms with van der Waals surface area (Å²) in [4.78, 5) is -0.168. The minimum atomic E-state index is -4.06. The highest BCUT2D eigenvalue weighted by molar-refractivity contribution is 7.93. The molecule has 0 unspecified atom stereocenters. The molecule has 0 aliphatic carbocycles. The highest BCUT2D eigenvalue weighted by Gasteiger charge is 2.22. The average molecular weight is 427 g/mol. The monoisotopic (exact) mass is 426 g/mol. The Bertz CT molecular complexity index is 1170. The van der Waals surface area contributed by atoms with Gasteiger partial charge in [0.15, 0.2) is 0 Å². The van der Waals surface area contributed by atoms with Crippen molar-refractivity contribution >= 4 is 37.3 Å². The van der Waals surface area contributed by atoms with Gasteiger partial charge in [0.2, 0.25) is 0 Å². The van der Waals surface area contributed by atoms with E-state index in [9.17, 15) is 16.8 Å². The molecule has 7 nitrogen and oxygen atoms in total. The average Bonchev–Trinajstić information content (AvgIpc) is 3.14. The fraction of sp³-hybridized carbons (Fsp3) is 0.0588. The van der Waals surface area contributed by atoms with E-state index in [1.54, 1.807) is 24.3 Å². The van der Waals surface area contributed by atoms with Crippen molar-refractivity contribution < 1.29 is 21.6 Å². The summed E-state index contributed by atoms with van der Waals surface area (Å²) in [6.45, 7) is 0. The molecule has 1 aromatic heterocycles. The Morgan fingerprint density at radius 3 is 2.33 bits per heavy atom. The molecule has 3 rings (SSSR count). The van der Waals surface area contributed by atoms with Gasteiger partial charge in [-0.25, -0.2) is 20.8 Å². The van der Waals surface area contributed by atoms with E-state index in [0.717, 1.165) is 10.2 Å². The van der Waals surface area contributed by atoms with E-state index in [-0.39, 0.29) is 21.2 Å². The van der Waals surface area contributed by atoms with Crippen LogP contribution in [0.3, 0.4) is 0 Å². The molecule has 2 aromatic carbocycles. The molecule has 3 aromatic rings. The van der Waals surface area contributed by atoms with Gasteiger partial charge in [0, 0.05) is 17.4 Å². The first-order chi connectivity index (χ1) is 12.7. The number of methoxy groups -OCH3 is 1. The lowest BCUT2D eigenvalue weighted by Crippen LogP contribution is -2.14. The first-order valence-corrected chi connectivity index (χ1v) is 10.9. The molecule has 0 bridgehead atoms. The van der Waals surface area contributed by atoms with Crippen molar-refractivity contribution in [2.75, 3.05) is 11.8 Å². The van der Waals surface area contributed by atoms with Gasteiger partial charge >= 0.3 is 0 Å². The number of aromatic nitrogens is 1. The zero-order chi connectivity index (χ0) is 19.7. The van der Waals surface area contributed by atoms with Crippen LogP contribution in [0.5, 0.6) is 5.75 Å². The van der Waals surface area contributed by atoms with E-state index >= 15 is 0 Å². The second-order valence-electron chi connectivity index (χ2n) is 5.45. The molecule has 0 aliphatic heterocycles. The Hall–Kier alpha value is -2.49. The Balaban J connectivity index is 1.95. The van der Waals surface area contributed by atoms with Gasteiger partial charge in [-0.2, -0.15) is 0 Å². The van der Waals surface area contributed by atoms with Crippen LogP contribution in [0.4, 0.5) is 5.69 Å². The van der Waals surface area contributed by atoms with Crippen molar-refractivity contribution in [3.05, 3.63) is 72.0 Å². The number of nitrogens with one attached hydrogen (secondary N) is 1. The molecule has 0 atom stereocenters. The Morgan fingerprint density at radius 2 is 1.67 bits per heavy atom. The van der Waals surface area contributed by atoms with Gasteiger partial charge in [0.25, 0.3) is 20.0 Å². The molecule has 27 heavy (non-hydrogen) atoms. The molecule has 0 spiro atoms. The first-order valence-electron chi connectivity index (χ1n) is 7.59. The lowest BCUT2D eigenvalue weighted by Gasteiger charge is -2.11. The van der Waals surface area contributed by atoms with Gasteiger partial charge in [-0.15, -0.1) is 0 Å². The van der Waals surface area contributed by atoms with Crippen LogP contribution in [0, 0.1) is 0 Å². The summed E-state index contributed by atoms with van der Waals surface area (Å²) in [6, 6.07) is 13.4. The molecular weight excluding hydrogens is 412 g/mol. The maximum Gasteiger partial charge on any atom is 0.267 e. The number of hydrogen-bond acceptors (Lipinski definition) is 5. The van der Waals surface area contributed by atoms with Crippen LogP contribution in [-0.2, 0) is 20.0 Å². The second-order valence-corrected chi connectivity index (χ2v) is 9.41. The molecule has 0 saturated heterocycles. The Labute approximate surface area is 162 Å². The number of anilines is 1. The largest absolute Gasteiger partial charge is 0.495 e. The van der Waals surface area contributed by atoms with Gasteiger partial charge < -0.3 is 4.74 Å². The zero-order valence-electron chi connectivity index (χ0n) is 14.0. The maximum atomic E-state index is 12.6. The summed E-state index contributed by atoms with van der Waals surface area (Å²) in [7, 11) is -6.56. The summed E-state index contributed by atoms with van der Waals surface area (Å²) < 4.78 is 58.8. The van der Waals surface area contributed by atoms with Crippen LogP contribution in [0.1, 0.15) is 0 Å². The van der Waals surface area contributed by atoms with Crippen LogP contribution in [0.25, 0.3) is 0 Å². The third-order valence-corrected chi connectivity index (χ3v) is 6.91. The van der Waals surface area contributed by atoms with E-state index in [0.29, 0.717) is 5.02 Å². The summed E-state index contributed by atoms with van der Waals surface area (Å²) in [6.07, 6.45) is 2.20. The summed E-state index contributed by atoms with van der Waals surface area (Å²) in [5, 5.41) is 0.317. The van der Waals surface area contributed by atoms with E-state index in [1.165, 1.54) is 43.6 Å². The van der Waals surface area contributed by atoms with Crippen LogP contribution in [-0.4, -0.2) is 27.9 Å². The molecule has 0 saturated carbocycles. The van der Waals surface area contributed by atoms with E-state index < -0.39 is 20.0 Å². The minimum absolute atomic E-state index is 0.0500. The summed E-state index contributed by atoms with van der Waals surface area (Å²) in [5.74, 6) is 0.277. The van der Waals surface area contributed by atoms with Gasteiger partial charge in [-0.05, 0) is 36.4 Å². The molecule has 0 amide bonds. The molecular formula is C17H15ClN2O5S2. The van der Waals surface area contributed by atoms with Crippen molar-refractivity contribution in [1.82, 2.24) is 3.97 Å². The third-order valence-electron chi connectivity index (χ3n) is 3.67. The van der Waals surface area contributed by atoms with Gasteiger partial charge in [-0.3, -0.25) is 4.72 Å². The third kappa shape index (κ3) is 3.95. The Kier molecular flexibility index (Phi) is 5.18. The SMILES string of the molecule is COc1ccc(Cl)cc1NS(=O)(=O)c1ccn(S(=O)(=O)c2ccccc2)c1. The minimum Gasteiger partial charge on any atom is -0.495 e. The standard InChI is InChI=1S/C17H15ClN2O5S2/c1-25-17-8-7-13(18)11-16(17)19-26(21,22)15-9-10-20(12-15)27(23,24)14-5-3-2-4-6-14/h2-12,19H,1H3. The molecule has 1 N–H and O–H groups in total. The van der Waals surface area contributed by atoms with Crippen molar-refractivity contribution in [1.29, 1.82) is 0 Å². The summed E-state index contributed by atoms with van der Waals surface area (Å²) >= 11 is 5.91. The van der Waals surface area contributed by atoms with Crippen LogP contribution in [0.15, 0.2) is 76.8 Å². The van der Waals surface area contributed by atoms with Gasteiger partial charge in [0.05, 0.1) is 17.7 Å². The smallest absolute Gasteiger partial charge is 0.267 e. The fourth-order valence-electron chi connectivity index (χ4n) is 2.34. The van der Waals surface area contributed by atoms with Gasteiger partial charge in [-0.1, -0.05) is 29.8 Å². The molecule has 142 valence electrons. The quantitative estimate of drug-likeness (QED) is 0.653. The molecule has 0 aliphatic rings. The highest BCUT2D eigenvalue weighted by Crippen LogP contribution is 2.30. The number of sulfonamides is 1. The molecule has 0 radical (unpaired) electrons. The highest BCUT2D eigenvalue weighted by atomic mass is 35.5. The van der Waals surface area contributed by atoms with Gasteiger partial charge in [0.1, 0.15) is 10.6 Å². The van der Waals surface area contributed by atoms with Crippen molar-refractivity contribution in [2.45, 2.75) is 9.79 Å². The van der Waals surface area contributed by atoms with Crippen molar-refractivity contribution in [2.24, 2.45) is 0 Å². The predicted molar refractivity (Wildman–Crippen MR) is 102 cm³/mol. The molecule has 0 fully saturated rings. The lowest BCUT2D eigenvalue weighted by molar-refractivity contribution is 0.417. The number of nitrogens with zero attached hydrogens (tertiary/aromatic N) is 1.